The molecule has 4 rings (SSSR count). The van der Waals surface area contributed by atoms with Crippen molar-refractivity contribution in [1.29, 1.82) is 0 Å². The number of nitrogens with zero attached hydrogens (tertiary/aromatic N) is 4. The van der Waals surface area contributed by atoms with Crippen LogP contribution in [-0.4, -0.2) is 61.9 Å². The van der Waals surface area contributed by atoms with E-state index in [-0.39, 0.29) is 16.8 Å². The maximum atomic E-state index is 13.0. The maximum absolute atomic E-state index is 13.0. The molecule has 1 aromatic heterocycles. The summed E-state index contributed by atoms with van der Waals surface area (Å²) in [6.45, 7) is 6.50. The number of carbonyl (C=O) groups excluding carboxylic acids is 1. The van der Waals surface area contributed by atoms with E-state index in [1.54, 1.807) is 4.57 Å². The number of aryl methyl sites for hydroxylation is 1. The smallest absolute Gasteiger partial charge is 0.339 e. The predicted octanol–water partition coefficient (Wildman–Crippen LogP) is 2.64. The van der Waals surface area contributed by atoms with Crippen LogP contribution in [0.3, 0.4) is 0 Å². The molecular formula is C24H29N5O2S. The van der Waals surface area contributed by atoms with E-state index in [0.29, 0.717) is 11.7 Å². The summed E-state index contributed by atoms with van der Waals surface area (Å²) < 4.78 is 1.62. The second-order valence-electron chi connectivity index (χ2n) is 8.05. The average molecular weight is 452 g/mol. The van der Waals surface area contributed by atoms with Crippen LogP contribution in [0.4, 0.5) is 0 Å². The van der Waals surface area contributed by atoms with Gasteiger partial charge in [-0.2, -0.15) is 0 Å². The summed E-state index contributed by atoms with van der Waals surface area (Å²) in [6, 6.07) is 20.5. The molecule has 32 heavy (non-hydrogen) atoms. The van der Waals surface area contributed by atoms with Crippen LogP contribution in [0.1, 0.15) is 18.1 Å². The van der Waals surface area contributed by atoms with Gasteiger partial charge in [-0.15, -0.1) is 5.10 Å². The Morgan fingerprint density at radius 2 is 1.62 bits per heavy atom. The molecule has 2 aromatic carbocycles. The van der Waals surface area contributed by atoms with Gasteiger partial charge in [-0.1, -0.05) is 72.4 Å². The van der Waals surface area contributed by atoms with E-state index in [0.717, 1.165) is 44.7 Å². The topological polar surface area (TPSA) is 74.2 Å². The van der Waals surface area contributed by atoms with Crippen molar-refractivity contribution in [3.63, 3.8) is 0 Å². The standard InChI is InChI=1S/C24H29N5O2S/c1-19(22(30)28-16-14-27(15-17-28)18-21-10-6-3-7-11-21)32-24-26-25-23(31)29(24)13-12-20-8-4-2-5-9-20/h2-11,19H,12-18H2,1H3,(H,25,31)/t19-/m0/s1. The lowest BCUT2D eigenvalue weighted by Crippen LogP contribution is -2.50. The number of hydrogen-bond donors (Lipinski definition) is 1. The van der Waals surface area contributed by atoms with E-state index >= 15 is 0 Å². The number of aromatic nitrogens is 3. The summed E-state index contributed by atoms with van der Waals surface area (Å²) in [4.78, 5) is 29.6. The molecule has 1 saturated heterocycles. The number of aromatic amines is 1. The fourth-order valence-corrected chi connectivity index (χ4v) is 4.88. The Morgan fingerprint density at radius 3 is 2.28 bits per heavy atom. The molecule has 1 amide bonds. The van der Waals surface area contributed by atoms with Gasteiger partial charge in [-0.3, -0.25) is 14.3 Å². The van der Waals surface area contributed by atoms with Crippen molar-refractivity contribution in [3.05, 3.63) is 82.3 Å². The minimum Gasteiger partial charge on any atom is -0.339 e. The van der Waals surface area contributed by atoms with Crippen LogP contribution in [0.15, 0.2) is 70.6 Å². The van der Waals surface area contributed by atoms with E-state index in [1.807, 2.05) is 48.2 Å². The highest BCUT2D eigenvalue weighted by molar-refractivity contribution is 8.00. The number of piperazine rings is 1. The van der Waals surface area contributed by atoms with Crippen molar-refractivity contribution in [2.24, 2.45) is 0 Å². The van der Waals surface area contributed by atoms with Crippen molar-refractivity contribution in [2.75, 3.05) is 26.2 Å². The minimum atomic E-state index is -0.304. The first-order chi connectivity index (χ1) is 15.6. The largest absolute Gasteiger partial charge is 0.343 e. The molecule has 1 aliphatic heterocycles. The zero-order valence-corrected chi connectivity index (χ0v) is 19.1. The second-order valence-corrected chi connectivity index (χ2v) is 9.35. The van der Waals surface area contributed by atoms with E-state index in [1.165, 1.54) is 17.3 Å². The fraction of sp³-hybridized carbons (Fsp3) is 0.375. The molecule has 3 aromatic rings. The first-order valence-electron chi connectivity index (χ1n) is 11.0. The number of hydrogen-bond acceptors (Lipinski definition) is 5. The summed E-state index contributed by atoms with van der Waals surface area (Å²) in [5, 5.41) is 6.96. The quantitative estimate of drug-likeness (QED) is 0.533. The van der Waals surface area contributed by atoms with Crippen LogP contribution in [0.5, 0.6) is 0 Å². The first kappa shape index (κ1) is 22.4. The fourth-order valence-electron chi connectivity index (χ4n) is 3.91. The lowest BCUT2D eigenvalue weighted by molar-refractivity contribution is -0.132. The Balaban J connectivity index is 1.30. The predicted molar refractivity (Wildman–Crippen MR) is 127 cm³/mol. The van der Waals surface area contributed by atoms with Crippen LogP contribution in [0.25, 0.3) is 0 Å². The van der Waals surface area contributed by atoms with Gasteiger partial charge in [0.1, 0.15) is 0 Å². The normalized spacial score (nSPS) is 15.6. The number of amides is 1. The molecule has 0 aliphatic carbocycles. The lowest BCUT2D eigenvalue weighted by atomic mass is 10.1. The molecule has 0 radical (unpaired) electrons. The Bertz CT molecular complexity index is 1060. The zero-order valence-electron chi connectivity index (χ0n) is 18.3. The highest BCUT2D eigenvalue weighted by Gasteiger charge is 2.27. The highest BCUT2D eigenvalue weighted by atomic mass is 32.2. The summed E-state index contributed by atoms with van der Waals surface area (Å²) >= 11 is 1.35. The second kappa shape index (κ2) is 10.7. The van der Waals surface area contributed by atoms with E-state index in [4.69, 9.17) is 0 Å². The lowest BCUT2D eigenvalue weighted by Gasteiger charge is -2.35. The van der Waals surface area contributed by atoms with Gasteiger partial charge in [0.2, 0.25) is 5.91 Å². The van der Waals surface area contributed by atoms with Crippen LogP contribution < -0.4 is 5.69 Å². The van der Waals surface area contributed by atoms with Gasteiger partial charge in [-0.05, 0) is 24.5 Å². The Labute approximate surface area is 192 Å². The molecule has 0 unspecified atom stereocenters. The Morgan fingerprint density at radius 1 is 1.00 bits per heavy atom. The van der Waals surface area contributed by atoms with Gasteiger partial charge < -0.3 is 4.90 Å². The summed E-state index contributed by atoms with van der Waals surface area (Å²) in [5.74, 6) is 0.0967. The maximum Gasteiger partial charge on any atom is 0.343 e. The van der Waals surface area contributed by atoms with E-state index < -0.39 is 0 Å². The molecule has 0 bridgehead atoms. The number of rotatable bonds is 8. The number of benzene rings is 2. The Kier molecular flexibility index (Phi) is 7.44. The molecule has 1 N–H and O–H groups in total. The van der Waals surface area contributed by atoms with Gasteiger partial charge in [-0.25, -0.2) is 9.89 Å². The van der Waals surface area contributed by atoms with Crippen molar-refractivity contribution >= 4 is 17.7 Å². The Hall–Kier alpha value is -2.84. The third kappa shape index (κ3) is 5.69. The molecule has 168 valence electrons. The highest BCUT2D eigenvalue weighted by Crippen LogP contribution is 2.22. The summed E-state index contributed by atoms with van der Waals surface area (Å²) in [5.41, 5.74) is 2.22. The van der Waals surface area contributed by atoms with E-state index in [2.05, 4.69) is 39.4 Å². The number of thioether (sulfide) groups is 1. The van der Waals surface area contributed by atoms with Gasteiger partial charge in [0.25, 0.3) is 0 Å². The molecule has 8 heteroatoms. The first-order valence-corrected chi connectivity index (χ1v) is 11.9. The molecule has 0 saturated carbocycles. The summed E-state index contributed by atoms with van der Waals surface area (Å²) in [6.07, 6.45) is 0.736. The van der Waals surface area contributed by atoms with Crippen LogP contribution in [-0.2, 0) is 24.3 Å². The zero-order chi connectivity index (χ0) is 22.3. The third-order valence-corrected chi connectivity index (χ3v) is 6.83. The molecule has 2 heterocycles. The SMILES string of the molecule is C[C@H](Sc1n[nH]c(=O)n1CCc1ccccc1)C(=O)N1CCN(Cc2ccccc2)CC1. The third-order valence-electron chi connectivity index (χ3n) is 5.75. The van der Waals surface area contributed by atoms with E-state index in [9.17, 15) is 9.59 Å². The summed E-state index contributed by atoms with van der Waals surface area (Å²) in [7, 11) is 0. The van der Waals surface area contributed by atoms with Crippen LogP contribution in [0, 0.1) is 0 Å². The van der Waals surface area contributed by atoms with Crippen molar-refractivity contribution < 1.29 is 4.79 Å². The monoisotopic (exact) mass is 451 g/mol. The molecule has 1 fully saturated rings. The molecular weight excluding hydrogens is 422 g/mol. The number of carbonyl (C=O) groups is 1. The van der Waals surface area contributed by atoms with Crippen LogP contribution >= 0.6 is 11.8 Å². The molecule has 1 aliphatic rings. The minimum absolute atomic E-state index is 0.0967. The van der Waals surface area contributed by atoms with Gasteiger partial charge >= 0.3 is 5.69 Å². The van der Waals surface area contributed by atoms with Gasteiger partial charge in [0.05, 0.1) is 5.25 Å². The average Bonchev–Trinajstić information content (AvgIpc) is 3.18. The van der Waals surface area contributed by atoms with Crippen molar-refractivity contribution in [3.8, 4) is 0 Å². The molecule has 1 atom stereocenters. The van der Waals surface area contributed by atoms with Crippen LogP contribution in [0.2, 0.25) is 0 Å². The van der Waals surface area contributed by atoms with Crippen molar-refractivity contribution in [1.82, 2.24) is 24.6 Å². The molecule has 7 nitrogen and oxygen atoms in total. The number of H-pyrrole nitrogens is 1. The molecule has 0 spiro atoms. The number of nitrogens with one attached hydrogen (secondary N) is 1. The van der Waals surface area contributed by atoms with Gasteiger partial charge in [0.15, 0.2) is 5.16 Å². The van der Waals surface area contributed by atoms with Gasteiger partial charge in [0, 0.05) is 39.3 Å². The van der Waals surface area contributed by atoms with Crippen molar-refractivity contribution in [2.45, 2.75) is 36.8 Å².